The minimum absolute atomic E-state index is 0.177. The van der Waals surface area contributed by atoms with Crippen LogP contribution >= 0.6 is 0 Å². The van der Waals surface area contributed by atoms with Gasteiger partial charge in [0.1, 0.15) is 0 Å². The zero-order chi connectivity index (χ0) is 13.1. The molecule has 0 radical (unpaired) electrons. The number of rotatable bonds is 3. The van der Waals surface area contributed by atoms with E-state index < -0.39 is 0 Å². The Morgan fingerprint density at radius 2 is 2.06 bits per heavy atom. The topological polar surface area (TPSA) is 46.3 Å². The van der Waals surface area contributed by atoms with Gasteiger partial charge in [-0.25, -0.2) is 0 Å². The highest BCUT2D eigenvalue weighted by Crippen LogP contribution is 2.23. The molecule has 2 atom stereocenters. The van der Waals surface area contributed by atoms with E-state index in [0.29, 0.717) is 0 Å². The van der Waals surface area contributed by atoms with Gasteiger partial charge in [0.25, 0.3) is 0 Å². The Bertz CT molecular complexity index is 453. The minimum atomic E-state index is -0.233. The molecule has 3 nitrogen and oxygen atoms in total. The third kappa shape index (κ3) is 2.79. The summed E-state index contributed by atoms with van der Waals surface area (Å²) in [5, 5.41) is 0. The quantitative estimate of drug-likeness (QED) is 0.823. The van der Waals surface area contributed by atoms with Crippen LogP contribution in [0.3, 0.4) is 0 Å². The second kappa shape index (κ2) is 5.36. The van der Waals surface area contributed by atoms with Crippen LogP contribution in [0, 0.1) is 0 Å². The fraction of sp³-hybridized carbons (Fsp3) is 0.400. The second-order valence-corrected chi connectivity index (χ2v) is 5.06. The van der Waals surface area contributed by atoms with E-state index in [2.05, 4.69) is 30.0 Å². The Morgan fingerprint density at radius 1 is 1.39 bits per heavy atom. The molecule has 1 aromatic rings. The SMILES string of the molecule is CC1=C[C@H](Cc2ccccc2)N(C)[C@H](C(N)=O)C1. The van der Waals surface area contributed by atoms with E-state index in [9.17, 15) is 4.79 Å². The van der Waals surface area contributed by atoms with E-state index in [4.69, 9.17) is 5.73 Å². The Kier molecular flexibility index (Phi) is 3.82. The van der Waals surface area contributed by atoms with Gasteiger partial charge in [-0.15, -0.1) is 0 Å². The predicted molar refractivity (Wildman–Crippen MR) is 73.1 cm³/mol. The number of nitrogens with zero attached hydrogens (tertiary/aromatic N) is 1. The molecule has 0 unspecified atom stereocenters. The Hall–Kier alpha value is -1.61. The van der Waals surface area contributed by atoms with Gasteiger partial charge in [0.05, 0.1) is 6.04 Å². The van der Waals surface area contributed by atoms with Crippen molar-refractivity contribution in [3.8, 4) is 0 Å². The molecule has 96 valence electrons. The lowest BCUT2D eigenvalue weighted by atomic mass is 9.93. The molecule has 0 aliphatic carbocycles. The highest BCUT2D eigenvalue weighted by Gasteiger charge is 2.29. The molecule has 1 aliphatic rings. The van der Waals surface area contributed by atoms with Crippen molar-refractivity contribution in [1.82, 2.24) is 4.90 Å². The Balaban J connectivity index is 2.16. The van der Waals surface area contributed by atoms with Crippen molar-refractivity contribution in [2.75, 3.05) is 7.05 Å². The van der Waals surface area contributed by atoms with E-state index in [1.54, 1.807) is 0 Å². The molecule has 0 bridgehead atoms. The number of hydrogen-bond donors (Lipinski definition) is 1. The third-order valence-electron chi connectivity index (χ3n) is 3.62. The van der Waals surface area contributed by atoms with Crippen molar-refractivity contribution in [3.63, 3.8) is 0 Å². The summed E-state index contributed by atoms with van der Waals surface area (Å²) in [7, 11) is 1.98. The normalized spacial score (nSPS) is 24.7. The second-order valence-electron chi connectivity index (χ2n) is 5.06. The molecule has 2 N–H and O–H groups in total. The fourth-order valence-electron chi connectivity index (χ4n) is 2.55. The summed E-state index contributed by atoms with van der Waals surface area (Å²) >= 11 is 0. The molecule has 18 heavy (non-hydrogen) atoms. The van der Waals surface area contributed by atoms with E-state index in [-0.39, 0.29) is 18.0 Å². The number of primary amides is 1. The summed E-state index contributed by atoms with van der Waals surface area (Å²) < 4.78 is 0. The van der Waals surface area contributed by atoms with Crippen LogP contribution in [0.2, 0.25) is 0 Å². The smallest absolute Gasteiger partial charge is 0.235 e. The van der Waals surface area contributed by atoms with Crippen LogP contribution < -0.4 is 5.73 Å². The molecule has 3 heteroatoms. The maximum Gasteiger partial charge on any atom is 0.235 e. The van der Waals surface area contributed by atoms with Crippen LogP contribution in [0.4, 0.5) is 0 Å². The first kappa shape index (κ1) is 12.8. The lowest BCUT2D eigenvalue weighted by Crippen LogP contribution is -2.50. The van der Waals surface area contributed by atoms with Gasteiger partial charge in [0.2, 0.25) is 5.91 Å². The minimum Gasteiger partial charge on any atom is -0.368 e. The number of likely N-dealkylation sites (N-methyl/N-ethyl adjacent to an activating group) is 1. The lowest BCUT2D eigenvalue weighted by molar-refractivity contribution is -0.123. The van der Waals surface area contributed by atoms with E-state index in [1.165, 1.54) is 11.1 Å². The maximum atomic E-state index is 11.5. The summed E-state index contributed by atoms with van der Waals surface area (Å²) in [4.78, 5) is 13.5. The van der Waals surface area contributed by atoms with E-state index >= 15 is 0 Å². The number of amides is 1. The van der Waals surface area contributed by atoms with Crippen molar-refractivity contribution < 1.29 is 4.79 Å². The number of carbonyl (C=O) groups is 1. The van der Waals surface area contributed by atoms with Crippen molar-refractivity contribution in [1.29, 1.82) is 0 Å². The lowest BCUT2D eigenvalue weighted by Gasteiger charge is -2.36. The summed E-state index contributed by atoms with van der Waals surface area (Å²) in [6.45, 7) is 2.07. The average molecular weight is 244 g/mol. The molecular formula is C15H20N2O. The molecule has 1 aromatic carbocycles. The van der Waals surface area contributed by atoms with Crippen LogP contribution in [0.1, 0.15) is 18.9 Å². The fourth-order valence-corrected chi connectivity index (χ4v) is 2.55. The maximum absolute atomic E-state index is 11.5. The van der Waals surface area contributed by atoms with Gasteiger partial charge in [-0.2, -0.15) is 0 Å². The van der Waals surface area contributed by atoms with E-state index in [0.717, 1.165) is 12.8 Å². The van der Waals surface area contributed by atoms with Crippen LogP contribution in [0.5, 0.6) is 0 Å². The molecule has 2 rings (SSSR count). The van der Waals surface area contributed by atoms with Gasteiger partial charge in [-0.1, -0.05) is 42.0 Å². The highest BCUT2D eigenvalue weighted by molar-refractivity contribution is 5.80. The standard InChI is InChI=1S/C15H20N2O/c1-11-8-13(10-12-6-4-3-5-7-12)17(2)14(9-11)15(16)18/h3-8,13-14H,9-10H2,1-2H3,(H2,16,18)/t13-,14+/m1/s1. The van der Waals surface area contributed by atoms with Gasteiger partial charge < -0.3 is 5.73 Å². The first-order valence-corrected chi connectivity index (χ1v) is 6.30. The Morgan fingerprint density at radius 3 is 2.67 bits per heavy atom. The Labute approximate surface area is 108 Å². The summed E-state index contributed by atoms with van der Waals surface area (Å²) in [6, 6.07) is 10.4. The molecule has 1 amide bonds. The number of hydrogen-bond acceptors (Lipinski definition) is 2. The number of nitrogens with two attached hydrogens (primary N) is 1. The van der Waals surface area contributed by atoms with Crippen LogP contribution in [-0.2, 0) is 11.2 Å². The van der Waals surface area contributed by atoms with Crippen LogP contribution in [0.25, 0.3) is 0 Å². The number of carbonyl (C=O) groups excluding carboxylic acids is 1. The number of benzene rings is 1. The molecule has 1 heterocycles. The largest absolute Gasteiger partial charge is 0.368 e. The van der Waals surface area contributed by atoms with Crippen molar-refractivity contribution in [2.24, 2.45) is 5.73 Å². The first-order chi connectivity index (χ1) is 8.58. The average Bonchev–Trinajstić information content (AvgIpc) is 2.34. The molecule has 1 aliphatic heterocycles. The van der Waals surface area contributed by atoms with Crippen molar-refractivity contribution >= 4 is 5.91 Å². The monoisotopic (exact) mass is 244 g/mol. The van der Waals surface area contributed by atoms with Gasteiger partial charge in [-0.05, 0) is 32.4 Å². The van der Waals surface area contributed by atoms with Gasteiger partial charge in [0.15, 0.2) is 0 Å². The van der Waals surface area contributed by atoms with Gasteiger partial charge in [-0.3, -0.25) is 9.69 Å². The zero-order valence-electron chi connectivity index (χ0n) is 11.0. The predicted octanol–water partition coefficient (Wildman–Crippen LogP) is 1.73. The highest BCUT2D eigenvalue weighted by atomic mass is 16.1. The van der Waals surface area contributed by atoms with Crippen LogP contribution in [0.15, 0.2) is 42.0 Å². The van der Waals surface area contributed by atoms with Crippen molar-refractivity contribution in [2.45, 2.75) is 31.8 Å². The summed E-state index contributed by atoms with van der Waals surface area (Å²) in [5.74, 6) is -0.233. The van der Waals surface area contributed by atoms with Crippen molar-refractivity contribution in [3.05, 3.63) is 47.5 Å². The molecule has 0 fully saturated rings. The summed E-state index contributed by atoms with van der Waals surface area (Å²) in [6.07, 6.45) is 3.90. The zero-order valence-corrected chi connectivity index (χ0v) is 11.0. The van der Waals surface area contributed by atoms with Crippen LogP contribution in [-0.4, -0.2) is 29.9 Å². The molecule has 0 saturated carbocycles. The molecular weight excluding hydrogens is 224 g/mol. The first-order valence-electron chi connectivity index (χ1n) is 6.30. The summed E-state index contributed by atoms with van der Waals surface area (Å²) in [5.41, 5.74) is 8.00. The molecule has 0 aromatic heterocycles. The third-order valence-corrected chi connectivity index (χ3v) is 3.62. The van der Waals surface area contributed by atoms with E-state index in [1.807, 2.05) is 25.2 Å². The van der Waals surface area contributed by atoms with Gasteiger partial charge >= 0.3 is 0 Å². The molecule has 0 spiro atoms. The molecule has 0 saturated heterocycles. The van der Waals surface area contributed by atoms with Gasteiger partial charge in [0, 0.05) is 6.04 Å².